The van der Waals surface area contributed by atoms with Gasteiger partial charge in [0, 0.05) is 5.92 Å². The van der Waals surface area contributed by atoms with E-state index >= 15 is 0 Å². The number of carbonyl (C=O) groups excluding carboxylic acids is 1. The van der Waals surface area contributed by atoms with Crippen LogP contribution in [-0.4, -0.2) is 22.1 Å². The summed E-state index contributed by atoms with van der Waals surface area (Å²) >= 11 is 16.7. The molecule has 0 saturated heterocycles. The van der Waals surface area contributed by atoms with E-state index < -0.39 is 5.97 Å². The van der Waals surface area contributed by atoms with Crippen LogP contribution in [0.3, 0.4) is 0 Å². The highest BCUT2D eigenvalue weighted by Crippen LogP contribution is 2.29. The smallest absolute Gasteiger partial charge is 0.337 e. The highest BCUT2D eigenvalue weighted by Gasteiger charge is 2.15. The molecule has 0 radical (unpaired) electrons. The lowest BCUT2D eigenvalue weighted by molar-refractivity contribution is -0.122. The molecule has 1 amide bonds. The van der Waals surface area contributed by atoms with Crippen molar-refractivity contribution in [2.45, 2.75) is 13.8 Å². The Bertz CT molecular complexity index is 576. The number of benzene rings is 1. The molecule has 1 aromatic carbocycles. The Kier molecular flexibility index (Phi) is 5.74. The van der Waals surface area contributed by atoms with Gasteiger partial charge in [0.05, 0.1) is 21.3 Å². The number of nitrogens with one attached hydrogen (secondary N) is 2. The molecule has 0 bridgehead atoms. The number of rotatable bonds is 3. The summed E-state index contributed by atoms with van der Waals surface area (Å²) in [6.07, 6.45) is 0. The van der Waals surface area contributed by atoms with Crippen molar-refractivity contribution in [2.75, 3.05) is 5.32 Å². The van der Waals surface area contributed by atoms with Gasteiger partial charge < -0.3 is 15.7 Å². The number of aromatic carboxylic acids is 1. The summed E-state index contributed by atoms with van der Waals surface area (Å²) in [5, 5.41) is 14.3. The summed E-state index contributed by atoms with van der Waals surface area (Å²) in [7, 11) is 0. The minimum absolute atomic E-state index is 0.0187. The summed E-state index contributed by atoms with van der Waals surface area (Å²) in [6.45, 7) is 3.44. The fourth-order valence-electron chi connectivity index (χ4n) is 1.22. The average molecular weight is 335 g/mol. The number of carboxylic acids is 1. The van der Waals surface area contributed by atoms with Gasteiger partial charge in [-0.1, -0.05) is 37.0 Å². The van der Waals surface area contributed by atoms with Crippen LogP contribution in [0.2, 0.25) is 10.0 Å². The van der Waals surface area contributed by atoms with Crippen LogP contribution in [0.15, 0.2) is 12.1 Å². The number of hydrogen-bond donors (Lipinski definition) is 3. The van der Waals surface area contributed by atoms with Crippen molar-refractivity contribution in [1.29, 1.82) is 0 Å². The van der Waals surface area contributed by atoms with E-state index in [4.69, 9.17) is 40.5 Å². The molecule has 0 aliphatic carbocycles. The minimum atomic E-state index is -1.19. The van der Waals surface area contributed by atoms with Crippen LogP contribution in [0, 0.1) is 5.92 Å². The van der Waals surface area contributed by atoms with E-state index in [1.165, 1.54) is 12.1 Å². The molecule has 0 unspecified atom stereocenters. The Morgan fingerprint density at radius 3 is 2.35 bits per heavy atom. The van der Waals surface area contributed by atoms with Crippen molar-refractivity contribution in [3.63, 3.8) is 0 Å². The van der Waals surface area contributed by atoms with Gasteiger partial charge in [-0.25, -0.2) is 4.79 Å². The van der Waals surface area contributed by atoms with Crippen LogP contribution >= 0.6 is 35.4 Å². The molecule has 1 aromatic rings. The van der Waals surface area contributed by atoms with E-state index in [1.54, 1.807) is 13.8 Å². The second kappa shape index (κ2) is 6.88. The van der Waals surface area contributed by atoms with Gasteiger partial charge in [-0.15, -0.1) is 0 Å². The fourth-order valence-corrected chi connectivity index (χ4v) is 1.94. The van der Waals surface area contributed by atoms with Gasteiger partial charge >= 0.3 is 5.97 Å². The van der Waals surface area contributed by atoms with Gasteiger partial charge in [0.25, 0.3) is 0 Å². The number of hydrogen-bond acceptors (Lipinski definition) is 3. The van der Waals surface area contributed by atoms with Crippen molar-refractivity contribution in [2.24, 2.45) is 5.92 Å². The maximum absolute atomic E-state index is 11.5. The van der Waals surface area contributed by atoms with Crippen molar-refractivity contribution in [1.82, 2.24) is 5.32 Å². The third-order valence-electron chi connectivity index (χ3n) is 2.30. The second-order valence-electron chi connectivity index (χ2n) is 4.22. The third kappa shape index (κ3) is 4.33. The molecule has 108 valence electrons. The van der Waals surface area contributed by atoms with Crippen LogP contribution in [0.5, 0.6) is 0 Å². The first-order valence-corrected chi connectivity index (χ1v) is 6.73. The number of carbonyl (C=O) groups is 2. The van der Waals surface area contributed by atoms with Crippen LogP contribution in [0.1, 0.15) is 24.2 Å². The summed E-state index contributed by atoms with van der Waals surface area (Å²) < 4.78 is 0. The van der Waals surface area contributed by atoms with Gasteiger partial charge in [-0.05, 0) is 24.4 Å². The van der Waals surface area contributed by atoms with Gasteiger partial charge in [0.15, 0.2) is 5.11 Å². The summed E-state index contributed by atoms with van der Waals surface area (Å²) in [4.78, 5) is 22.5. The molecule has 20 heavy (non-hydrogen) atoms. The van der Waals surface area contributed by atoms with Crippen molar-refractivity contribution < 1.29 is 14.7 Å². The number of amides is 1. The first-order valence-electron chi connectivity index (χ1n) is 5.56. The lowest BCUT2D eigenvalue weighted by Crippen LogP contribution is -2.36. The highest BCUT2D eigenvalue weighted by atomic mass is 35.5. The zero-order chi connectivity index (χ0) is 15.4. The molecule has 0 aliphatic rings. The predicted molar refractivity (Wildman–Crippen MR) is 82.6 cm³/mol. The van der Waals surface area contributed by atoms with Crippen molar-refractivity contribution in [3.8, 4) is 0 Å². The number of halogens is 2. The predicted octanol–water partition coefficient (Wildman–Crippen LogP) is 3.16. The molecule has 0 atom stereocenters. The monoisotopic (exact) mass is 334 g/mol. The molecule has 1 rings (SSSR count). The molecule has 0 aliphatic heterocycles. The molecular formula is C12H12Cl2N2O3S. The molecule has 8 heteroatoms. The fraction of sp³-hybridized carbons (Fsp3) is 0.250. The molecule has 0 heterocycles. The van der Waals surface area contributed by atoms with Gasteiger partial charge in [0.1, 0.15) is 0 Å². The van der Waals surface area contributed by atoms with Crippen molar-refractivity contribution in [3.05, 3.63) is 27.7 Å². The number of anilines is 1. The summed E-state index contributed by atoms with van der Waals surface area (Å²) in [5.74, 6) is -1.68. The zero-order valence-electron chi connectivity index (χ0n) is 10.7. The third-order valence-corrected chi connectivity index (χ3v) is 3.13. The van der Waals surface area contributed by atoms with E-state index in [1.807, 2.05) is 0 Å². The molecule has 0 fully saturated rings. The molecule has 0 spiro atoms. The first-order chi connectivity index (χ1) is 9.22. The maximum atomic E-state index is 11.5. The van der Waals surface area contributed by atoms with E-state index in [-0.39, 0.29) is 38.2 Å². The largest absolute Gasteiger partial charge is 0.478 e. The van der Waals surface area contributed by atoms with Gasteiger partial charge in [0.2, 0.25) is 5.91 Å². The Morgan fingerprint density at radius 2 is 1.85 bits per heavy atom. The minimum Gasteiger partial charge on any atom is -0.478 e. The molecule has 3 N–H and O–H groups in total. The molecular weight excluding hydrogens is 323 g/mol. The average Bonchev–Trinajstić information content (AvgIpc) is 2.31. The topological polar surface area (TPSA) is 78.4 Å². The molecule has 0 saturated carbocycles. The lowest BCUT2D eigenvalue weighted by atomic mass is 10.2. The Labute approximate surface area is 131 Å². The van der Waals surface area contributed by atoms with E-state index in [0.29, 0.717) is 0 Å². The first kappa shape index (κ1) is 16.7. The van der Waals surface area contributed by atoms with Crippen molar-refractivity contribution >= 4 is 58.1 Å². The molecule has 0 aromatic heterocycles. The SMILES string of the molecule is CC(C)C(=O)NC(=S)Nc1cc(C(=O)O)c(Cl)cc1Cl. The van der Waals surface area contributed by atoms with Crippen LogP contribution in [-0.2, 0) is 4.79 Å². The maximum Gasteiger partial charge on any atom is 0.337 e. The molecule has 5 nitrogen and oxygen atoms in total. The van der Waals surface area contributed by atoms with Crippen LogP contribution in [0.25, 0.3) is 0 Å². The van der Waals surface area contributed by atoms with E-state index in [0.717, 1.165) is 0 Å². The van der Waals surface area contributed by atoms with Gasteiger partial charge in [-0.3, -0.25) is 4.79 Å². The zero-order valence-corrected chi connectivity index (χ0v) is 13.0. The Balaban J connectivity index is 2.92. The van der Waals surface area contributed by atoms with E-state index in [2.05, 4.69) is 10.6 Å². The number of carboxylic acid groups (broad SMARTS) is 1. The van der Waals surface area contributed by atoms with Gasteiger partial charge in [-0.2, -0.15) is 0 Å². The summed E-state index contributed by atoms with van der Waals surface area (Å²) in [5.41, 5.74) is 0.138. The second-order valence-corrected chi connectivity index (χ2v) is 5.44. The number of thiocarbonyl (C=S) groups is 1. The van der Waals surface area contributed by atoms with Crippen LogP contribution in [0.4, 0.5) is 5.69 Å². The highest BCUT2D eigenvalue weighted by molar-refractivity contribution is 7.80. The quantitative estimate of drug-likeness (QED) is 0.740. The summed E-state index contributed by atoms with van der Waals surface area (Å²) in [6, 6.07) is 2.54. The lowest BCUT2D eigenvalue weighted by Gasteiger charge is -2.13. The van der Waals surface area contributed by atoms with E-state index in [9.17, 15) is 9.59 Å². The normalized spacial score (nSPS) is 10.2. The standard InChI is InChI=1S/C12H12Cl2N2O3S/c1-5(2)10(17)16-12(20)15-9-3-6(11(18)19)7(13)4-8(9)14/h3-5H,1-2H3,(H,18,19)(H2,15,16,17,20). The Morgan fingerprint density at radius 1 is 1.25 bits per heavy atom. The van der Waals surface area contributed by atoms with Crippen LogP contribution < -0.4 is 10.6 Å². The Hall–Kier alpha value is -1.37.